The molecular weight excluding hydrogens is 269 g/mol. The number of nitrogens with zero attached hydrogens (tertiary/aromatic N) is 3. The molecule has 1 fully saturated rings. The van der Waals surface area contributed by atoms with E-state index < -0.39 is 20.1 Å². The van der Waals surface area contributed by atoms with Gasteiger partial charge in [0.05, 0.1) is 5.92 Å². The van der Waals surface area contributed by atoms with Crippen LogP contribution in [-0.2, 0) is 13.9 Å². The molecule has 19 heavy (non-hydrogen) atoms. The van der Waals surface area contributed by atoms with Gasteiger partial charge in [-0.2, -0.15) is 4.52 Å². The molecule has 2 unspecified atom stereocenters. The second-order valence-corrected chi connectivity index (χ2v) is 4.72. The van der Waals surface area contributed by atoms with E-state index in [1.54, 1.807) is 18.3 Å². The molecule has 8 heteroatoms. The predicted molar refractivity (Wildman–Crippen MR) is 68.4 cm³/mol. The van der Waals surface area contributed by atoms with Gasteiger partial charge in [0.2, 0.25) is 0 Å². The first-order chi connectivity index (χ1) is 9.10. The van der Waals surface area contributed by atoms with Crippen LogP contribution in [0.1, 0.15) is 12.2 Å². The molecule has 2 heterocycles. The van der Waals surface area contributed by atoms with E-state index in [4.69, 9.17) is 4.89 Å². The van der Waals surface area contributed by atoms with Crippen molar-refractivity contribution >= 4 is 26.1 Å². The summed E-state index contributed by atoms with van der Waals surface area (Å²) in [6, 6.07) is 1.74. The van der Waals surface area contributed by atoms with Crippen molar-refractivity contribution in [3.05, 3.63) is 24.7 Å². The van der Waals surface area contributed by atoms with Gasteiger partial charge < -0.3 is 4.90 Å². The molecule has 2 rings (SSSR count). The van der Waals surface area contributed by atoms with E-state index in [2.05, 4.69) is 21.1 Å². The van der Waals surface area contributed by atoms with Crippen LogP contribution < -0.4 is 4.90 Å². The fraction of sp³-hybridized carbons (Fsp3) is 0.364. The Labute approximate surface area is 110 Å². The highest BCUT2D eigenvalue weighted by Crippen LogP contribution is 2.26. The Bertz CT molecular complexity index is 522. The zero-order chi connectivity index (χ0) is 13.8. The van der Waals surface area contributed by atoms with Crippen molar-refractivity contribution in [3.63, 3.8) is 0 Å². The van der Waals surface area contributed by atoms with E-state index in [9.17, 15) is 9.36 Å². The van der Waals surface area contributed by atoms with Crippen LogP contribution in [0.15, 0.2) is 18.8 Å². The Morgan fingerprint density at radius 1 is 1.68 bits per heavy atom. The zero-order valence-corrected chi connectivity index (χ0v) is 11.0. The van der Waals surface area contributed by atoms with E-state index in [1.165, 1.54) is 0 Å². The van der Waals surface area contributed by atoms with Crippen molar-refractivity contribution in [1.82, 2.24) is 9.97 Å². The smallest absolute Gasteiger partial charge is 0.356 e. The predicted octanol–water partition coefficient (Wildman–Crippen LogP) is 1.14. The van der Waals surface area contributed by atoms with E-state index in [1.807, 2.05) is 4.90 Å². The number of carbonyl (C=O) groups excluding carboxylic acids is 1. The van der Waals surface area contributed by atoms with E-state index in [-0.39, 0.29) is 0 Å². The van der Waals surface area contributed by atoms with Crippen molar-refractivity contribution < 1.29 is 18.8 Å². The summed E-state index contributed by atoms with van der Waals surface area (Å²) in [5.74, 6) is 0.160. The van der Waals surface area contributed by atoms with Gasteiger partial charge in [0.1, 0.15) is 5.82 Å². The molecule has 0 bridgehead atoms. The third-order valence-electron chi connectivity index (χ3n) is 2.86. The molecule has 1 aromatic rings. The highest BCUT2D eigenvalue weighted by Gasteiger charge is 2.35. The van der Waals surface area contributed by atoms with Crippen molar-refractivity contribution in [2.75, 3.05) is 18.0 Å². The van der Waals surface area contributed by atoms with Crippen LogP contribution in [-0.4, -0.2) is 33.9 Å². The molecule has 0 aromatic carbocycles. The summed E-state index contributed by atoms with van der Waals surface area (Å²) in [5, 5.41) is 0. The standard InChI is InChI=1S/C11H12N3O4P/c1-2-9-12-5-3-10(13-9)14-6-4-8(7-14)11(15)18-19(16)17/h2-3,5,8H,1,4,6-7H2/p+1. The number of aromatic nitrogens is 2. The minimum atomic E-state index is -2.89. The Hall–Kier alpha value is -1.85. The first-order valence-electron chi connectivity index (χ1n) is 5.68. The average molecular weight is 282 g/mol. The zero-order valence-electron chi connectivity index (χ0n) is 10.1. The quantitative estimate of drug-likeness (QED) is 0.827. The fourth-order valence-corrected chi connectivity index (χ4v) is 2.25. The van der Waals surface area contributed by atoms with Crippen LogP contribution >= 0.6 is 8.25 Å². The molecule has 100 valence electrons. The molecule has 0 saturated carbocycles. The molecular formula is C11H13N3O4P+. The number of hydrogen-bond donors (Lipinski definition) is 1. The highest BCUT2D eigenvalue weighted by atomic mass is 31.1. The third-order valence-corrected chi connectivity index (χ3v) is 3.19. The topological polar surface area (TPSA) is 92.6 Å². The van der Waals surface area contributed by atoms with Crippen molar-refractivity contribution in [2.24, 2.45) is 5.92 Å². The van der Waals surface area contributed by atoms with Crippen molar-refractivity contribution in [3.8, 4) is 0 Å². The molecule has 1 aliphatic heterocycles. The molecule has 7 nitrogen and oxygen atoms in total. The summed E-state index contributed by atoms with van der Waals surface area (Å²) in [6.45, 7) is 4.64. The summed E-state index contributed by atoms with van der Waals surface area (Å²) in [5.41, 5.74) is 0. The minimum absolute atomic E-state index is 0.409. The van der Waals surface area contributed by atoms with Crippen molar-refractivity contribution in [1.29, 1.82) is 0 Å². The lowest BCUT2D eigenvalue weighted by Crippen LogP contribution is -2.24. The van der Waals surface area contributed by atoms with Gasteiger partial charge in [-0.1, -0.05) is 6.58 Å². The summed E-state index contributed by atoms with van der Waals surface area (Å²) in [7, 11) is -2.89. The van der Waals surface area contributed by atoms with E-state index >= 15 is 0 Å². The lowest BCUT2D eigenvalue weighted by atomic mass is 10.1. The lowest BCUT2D eigenvalue weighted by molar-refractivity contribution is -0.138. The second kappa shape index (κ2) is 5.86. The van der Waals surface area contributed by atoms with Gasteiger partial charge in [-0.15, -0.1) is 4.89 Å². The molecule has 0 aliphatic carbocycles. The minimum Gasteiger partial charge on any atom is -0.356 e. The maximum atomic E-state index is 11.5. The molecule has 1 aliphatic rings. The number of anilines is 1. The van der Waals surface area contributed by atoms with Gasteiger partial charge in [-0.25, -0.2) is 14.8 Å². The van der Waals surface area contributed by atoms with Gasteiger partial charge in [0.15, 0.2) is 5.82 Å². The molecule has 0 amide bonds. The Morgan fingerprint density at radius 3 is 3.16 bits per heavy atom. The summed E-state index contributed by atoms with van der Waals surface area (Å²) in [4.78, 5) is 30.2. The van der Waals surface area contributed by atoms with Gasteiger partial charge in [-0.3, -0.25) is 0 Å². The average Bonchev–Trinajstić information content (AvgIpc) is 2.88. The van der Waals surface area contributed by atoms with E-state index in [0.717, 1.165) is 0 Å². The Kier molecular flexibility index (Phi) is 4.19. The monoisotopic (exact) mass is 282 g/mol. The molecule has 1 N–H and O–H groups in total. The van der Waals surface area contributed by atoms with Crippen LogP contribution in [0.2, 0.25) is 0 Å². The Morgan fingerprint density at radius 2 is 2.47 bits per heavy atom. The van der Waals surface area contributed by atoms with Crippen LogP contribution in [0.3, 0.4) is 0 Å². The van der Waals surface area contributed by atoms with Crippen LogP contribution in [0.5, 0.6) is 0 Å². The summed E-state index contributed by atoms with van der Waals surface area (Å²) < 4.78 is 14.8. The maximum Gasteiger partial charge on any atom is 0.750 e. The van der Waals surface area contributed by atoms with Gasteiger partial charge >= 0.3 is 14.2 Å². The van der Waals surface area contributed by atoms with Gasteiger partial charge in [0, 0.05) is 23.9 Å². The first kappa shape index (κ1) is 13.6. The number of carbonyl (C=O) groups is 1. The van der Waals surface area contributed by atoms with Crippen LogP contribution in [0, 0.1) is 5.92 Å². The summed E-state index contributed by atoms with van der Waals surface area (Å²) in [6.07, 6.45) is 3.73. The molecule has 1 aromatic heterocycles. The lowest BCUT2D eigenvalue weighted by Gasteiger charge is -2.16. The third kappa shape index (κ3) is 3.33. The van der Waals surface area contributed by atoms with Crippen molar-refractivity contribution in [2.45, 2.75) is 6.42 Å². The molecule has 0 radical (unpaired) electrons. The van der Waals surface area contributed by atoms with Gasteiger partial charge in [-0.05, 0) is 18.6 Å². The largest absolute Gasteiger partial charge is 0.750 e. The number of rotatable bonds is 4. The maximum absolute atomic E-state index is 11.5. The first-order valence-corrected chi connectivity index (χ1v) is 6.81. The SMILES string of the molecule is C=Cc1nccc(N2CCC(C(=O)O[P+](=O)O)C2)n1. The molecule has 0 spiro atoms. The second-order valence-electron chi connectivity index (χ2n) is 4.06. The molecule has 1 saturated heterocycles. The summed E-state index contributed by atoms with van der Waals surface area (Å²) >= 11 is 0. The van der Waals surface area contributed by atoms with Gasteiger partial charge in [0.25, 0.3) is 0 Å². The molecule has 2 atom stereocenters. The highest BCUT2D eigenvalue weighted by molar-refractivity contribution is 7.32. The van der Waals surface area contributed by atoms with Crippen LogP contribution in [0.25, 0.3) is 6.08 Å². The van der Waals surface area contributed by atoms with E-state index in [0.29, 0.717) is 31.2 Å². The fourth-order valence-electron chi connectivity index (χ4n) is 1.95. The van der Waals surface area contributed by atoms with Crippen LogP contribution in [0.4, 0.5) is 5.82 Å². The Balaban J connectivity index is 2.03. The number of hydrogen-bond acceptors (Lipinski definition) is 6. The normalized spacial score (nSPS) is 19.1.